The van der Waals surface area contributed by atoms with Crippen LogP contribution in [-0.4, -0.2) is 6.16 Å². The molecule has 0 bridgehead atoms. The average Bonchev–Trinajstić information content (AvgIpc) is 1.81. The van der Waals surface area contributed by atoms with Crippen molar-refractivity contribution in [1.29, 1.82) is 0 Å². The largest absolute Gasteiger partial charge is 0.138 e. The van der Waals surface area contributed by atoms with Crippen LogP contribution in [0.15, 0.2) is 0 Å². The van der Waals surface area contributed by atoms with Crippen LogP contribution in [-0.2, 0) is 0 Å². The van der Waals surface area contributed by atoms with Gasteiger partial charge in [0.1, 0.15) is 0 Å². The monoisotopic (exact) mass is 132 g/mol. The summed E-state index contributed by atoms with van der Waals surface area (Å²) in [4.78, 5) is 0. The highest BCUT2D eigenvalue weighted by atomic mass is 31.0. The first-order chi connectivity index (χ1) is 3.91. The van der Waals surface area contributed by atoms with Crippen molar-refractivity contribution in [1.82, 2.24) is 0 Å². The van der Waals surface area contributed by atoms with E-state index < -0.39 is 0 Å². The summed E-state index contributed by atoms with van der Waals surface area (Å²) in [5.74, 6) is 0. The van der Waals surface area contributed by atoms with Crippen LogP contribution < -0.4 is 0 Å². The zero-order valence-electron chi connectivity index (χ0n) is 5.82. The lowest BCUT2D eigenvalue weighted by Crippen LogP contribution is -1.76. The fourth-order valence-corrected chi connectivity index (χ4v) is 1.04. The third-order valence-corrected chi connectivity index (χ3v) is 1.72. The van der Waals surface area contributed by atoms with E-state index in [0.717, 1.165) is 0 Å². The Morgan fingerprint density at radius 1 is 1.00 bits per heavy atom. The highest BCUT2D eigenvalue weighted by molar-refractivity contribution is 7.16. The zero-order valence-corrected chi connectivity index (χ0v) is 6.97. The van der Waals surface area contributed by atoms with Crippen LogP contribution in [0.25, 0.3) is 0 Å². The third-order valence-electron chi connectivity index (χ3n) is 1.31. The first kappa shape index (κ1) is 8.43. The van der Waals surface area contributed by atoms with Gasteiger partial charge in [-0.15, -0.1) is 9.24 Å². The van der Waals surface area contributed by atoms with Gasteiger partial charge in [0.25, 0.3) is 0 Å². The van der Waals surface area contributed by atoms with E-state index in [1.807, 2.05) is 0 Å². The Morgan fingerprint density at radius 3 is 2.12 bits per heavy atom. The molecule has 0 aromatic carbocycles. The minimum atomic E-state index is 1.28. The molecule has 0 aliphatic heterocycles. The molecule has 0 fully saturated rings. The van der Waals surface area contributed by atoms with Crippen molar-refractivity contribution in [2.24, 2.45) is 0 Å². The van der Waals surface area contributed by atoms with Gasteiger partial charge >= 0.3 is 0 Å². The Balaban J connectivity index is 2.53. The maximum Gasteiger partial charge on any atom is -0.0381 e. The Morgan fingerprint density at radius 2 is 1.62 bits per heavy atom. The van der Waals surface area contributed by atoms with E-state index >= 15 is 0 Å². The molecule has 0 aliphatic carbocycles. The summed E-state index contributed by atoms with van der Waals surface area (Å²) in [5.41, 5.74) is 0. The topological polar surface area (TPSA) is 0 Å². The zero-order chi connectivity index (χ0) is 6.24. The summed E-state index contributed by atoms with van der Waals surface area (Å²) in [6.45, 7) is 2.25. The van der Waals surface area contributed by atoms with E-state index in [-0.39, 0.29) is 0 Å². The average molecular weight is 132 g/mol. The first-order valence-electron chi connectivity index (χ1n) is 3.62. The molecule has 0 radical (unpaired) electrons. The van der Waals surface area contributed by atoms with Gasteiger partial charge in [-0.2, -0.15) is 0 Å². The van der Waals surface area contributed by atoms with Crippen molar-refractivity contribution in [3.8, 4) is 0 Å². The SMILES string of the molecule is CCCCCCCP. The number of rotatable bonds is 5. The van der Waals surface area contributed by atoms with E-state index in [9.17, 15) is 0 Å². The van der Waals surface area contributed by atoms with Crippen LogP contribution in [0.3, 0.4) is 0 Å². The van der Waals surface area contributed by atoms with Crippen LogP contribution in [0.5, 0.6) is 0 Å². The van der Waals surface area contributed by atoms with Crippen LogP contribution >= 0.6 is 9.24 Å². The summed E-state index contributed by atoms with van der Waals surface area (Å²) in [6, 6.07) is 0. The van der Waals surface area contributed by atoms with Gasteiger partial charge in [-0.05, 0) is 12.6 Å². The second-order valence-corrected chi connectivity index (χ2v) is 2.78. The van der Waals surface area contributed by atoms with Crippen molar-refractivity contribution in [3.63, 3.8) is 0 Å². The van der Waals surface area contributed by atoms with Gasteiger partial charge in [0.2, 0.25) is 0 Å². The molecule has 50 valence electrons. The molecule has 0 nitrogen and oxygen atoms in total. The van der Waals surface area contributed by atoms with Crippen LogP contribution in [0, 0.1) is 0 Å². The van der Waals surface area contributed by atoms with Crippen molar-refractivity contribution in [3.05, 3.63) is 0 Å². The molecule has 0 aromatic heterocycles. The summed E-state index contributed by atoms with van der Waals surface area (Å²) >= 11 is 0. The Kier molecular flexibility index (Phi) is 7.83. The number of hydrogen-bond acceptors (Lipinski definition) is 0. The molecule has 0 amide bonds. The van der Waals surface area contributed by atoms with Crippen molar-refractivity contribution in [2.45, 2.75) is 39.0 Å². The van der Waals surface area contributed by atoms with E-state index in [2.05, 4.69) is 16.2 Å². The Labute approximate surface area is 55.3 Å². The molecule has 0 heterocycles. The second kappa shape index (κ2) is 7.43. The molecule has 0 aliphatic rings. The summed E-state index contributed by atoms with van der Waals surface area (Å²) in [5, 5.41) is 0. The molecule has 1 atom stereocenters. The predicted octanol–water partition coefficient (Wildman–Crippen LogP) is 2.83. The van der Waals surface area contributed by atoms with Gasteiger partial charge in [0.15, 0.2) is 0 Å². The van der Waals surface area contributed by atoms with E-state index in [4.69, 9.17) is 0 Å². The van der Waals surface area contributed by atoms with Crippen molar-refractivity contribution < 1.29 is 0 Å². The lowest BCUT2D eigenvalue weighted by atomic mass is 10.2. The van der Waals surface area contributed by atoms with Crippen LogP contribution in [0.4, 0.5) is 0 Å². The van der Waals surface area contributed by atoms with Gasteiger partial charge in [0.05, 0.1) is 0 Å². The third kappa shape index (κ3) is 6.43. The lowest BCUT2D eigenvalue weighted by Gasteiger charge is -1.93. The van der Waals surface area contributed by atoms with Crippen molar-refractivity contribution in [2.75, 3.05) is 6.16 Å². The van der Waals surface area contributed by atoms with Gasteiger partial charge < -0.3 is 0 Å². The molecule has 0 N–H and O–H groups in total. The van der Waals surface area contributed by atoms with Crippen molar-refractivity contribution >= 4 is 9.24 Å². The summed E-state index contributed by atoms with van der Waals surface area (Å²) < 4.78 is 0. The van der Waals surface area contributed by atoms with Gasteiger partial charge in [-0.25, -0.2) is 0 Å². The maximum absolute atomic E-state index is 2.77. The highest BCUT2D eigenvalue weighted by Crippen LogP contribution is 2.03. The standard InChI is InChI=1S/C7H17P/c1-2-3-4-5-6-7-8/h2-8H2,1H3. The summed E-state index contributed by atoms with van der Waals surface area (Å²) in [7, 11) is 2.77. The van der Waals surface area contributed by atoms with E-state index in [0.29, 0.717) is 0 Å². The molecule has 1 unspecified atom stereocenters. The molecule has 0 aromatic rings. The van der Waals surface area contributed by atoms with Gasteiger partial charge in [0, 0.05) is 0 Å². The molecule has 0 saturated carbocycles. The molecule has 0 saturated heterocycles. The second-order valence-electron chi connectivity index (χ2n) is 2.20. The highest BCUT2D eigenvalue weighted by Gasteiger charge is 1.83. The lowest BCUT2D eigenvalue weighted by molar-refractivity contribution is 0.659. The quantitative estimate of drug-likeness (QED) is 0.398. The first-order valence-corrected chi connectivity index (χ1v) is 4.43. The molecular formula is C7H17P. The number of hydrogen-bond donors (Lipinski definition) is 0. The van der Waals surface area contributed by atoms with Crippen LogP contribution in [0.2, 0.25) is 0 Å². The van der Waals surface area contributed by atoms with E-state index in [1.54, 1.807) is 0 Å². The smallest absolute Gasteiger partial charge is 0.0381 e. The maximum atomic E-state index is 2.77. The predicted molar refractivity (Wildman–Crippen MR) is 43.3 cm³/mol. The Hall–Kier alpha value is 0.430. The Bertz CT molecular complexity index is 29.4. The summed E-state index contributed by atoms with van der Waals surface area (Å²) in [6.07, 6.45) is 8.32. The minimum absolute atomic E-state index is 1.28. The van der Waals surface area contributed by atoms with E-state index in [1.165, 1.54) is 38.3 Å². The molecule has 1 heteroatoms. The fourth-order valence-electron chi connectivity index (χ4n) is 0.748. The molecular weight excluding hydrogens is 115 g/mol. The number of unbranched alkanes of at least 4 members (excludes halogenated alkanes) is 4. The molecule has 8 heavy (non-hydrogen) atoms. The molecule has 0 spiro atoms. The van der Waals surface area contributed by atoms with Gasteiger partial charge in [-0.1, -0.05) is 32.6 Å². The van der Waals surface area contributed by atoms with Gasteiger partial charge in [-0.3, -0.25) is 0 Å². The fraction of sp³-hybridized carbons (Fsp3) is 1.00. The minimum Gasteiger partial charge on any atom is -0.138 e. The molecule has 0 rings (SSSR count). The normalized spacial score (nSPS) is 9.75. The van der Waals surface area contributed by atoms with Crippen LogP contribution in [0.1, 0.15) is 39.0 Å².